The van der Waals surface area contributed by atoms with Gasteiger partial charge in [0.2, 0.25) is 0 Å². The van der Waals surface area contributed by atoms with E-state index in [2.05, 4.69) is 10.5 Å². The smallest absolute Gasteiger partial charge is 0.360 e. The molecule has 0 fully saturated rings. The molecule has 0 bridgehead atoms. The van der Waals surface area contributed by atoms with Crippen molar-refractivity contribution in [3.05, 3.63) is 17.5 Å². The fourth-order valence-corrected chi connectivity index (χ4v) is 1.62. The van der Waals surface area contributed by atoms with Gasteiger partial charge in [0, 0.05) is 18.7 Å². The molecule has 1 aromatic heterocycles. The first-order valence-corrected chi connectivity index (χ1v) is 6.27. The number of hydrogen-bond donors (Lipinski definition) is 1. The normalized spacial score (nSPS) is 12.6. The molecule has 0 aromatic carbocycles. The van der Waals surface area contributed by atoms with Gasteiger partial charge in [-0.05, 0) is 20.4 Å². The predicted octanol–water partition coefficient (Wildman–Crippen LogP) is 2.56. The minimum Gasteiger partial charge on any atom is -0.360 e. The van der Waals surface area contributed by atoms with Crippen molar-refractivity contribution in [1.29, 1.82) is 0 Å². The number of alkyl halides is 3. The molecular weight excluding hydrogens is 259 g/mol. The molecule has 4 nitrogen and oxygen atoms in total. The standard InChI is InChI=1S/C12H20F3N3O/c1-4-16-6-10-5-11(19-17-10)7-18(9(2)3)8-12(13,14)15/h5,9,16H,4,6-8H2,1-3H3. The van der Waals surface area contributed by atoms with E-state index in [0.29, 0.717) is 18.0 Å². The van der Waals surface area contributed by atoms with E-state index >= 15 is 0 Å². The maximum absolute atomic E-state index is 12.4. The number of halogens is 3. The zero-order chi connectivity index (χ0) is 14.5. The first kappa shape index (κ1) is 16.0. The number of aromatic nitrogens is 1. The van der Waals surface area contributed by atoms with E-state index in [-0.39, 0.29) is 12.6 Å². The highest BCUT2D eigenvalue weighted by Crippen LogP contribution is 2.20. The molecule has 0 aliphatic heterocycles. The molecule has 1 N–H and O–H groups in total. The van der Waals surface area contributed by atoms with Crippen LogP contribution in [0, 0.1) is 0 Å². The third-order valence-electron chi connectivity index (χ3n) is 2.64. The Kier molecular flexibility index (Phi) is 5.81. The molecule has 0 aliphatic rings. The summed E-state index contributed by atoms with van der Waals surface area (Å²) < 4.78 is 42.4. The zero-order valence-electron chi connectivity index (χ0n) is 11.4. The molecule has 19 heavy (non-hydrogen) atoms. The summed E-state index contributed by atoms with van der Waals surface area (Å²) >= 11 is 0. The maximum Gasteiger partial charge on any atom is 0.401 e. The van der Waals surface area contributed by atoms with E-state index in [0.717, 1.165) is 6.54 Å². The largest absolute Gasteiger partial charge is 0.401 e. The molecule has 1 heterocycles. The van der Waals surface area contributed by atoms with E-state index in [4.69, 9.17) is 4.52 Å². The second-order valence-electron chi connectivity index (χ2n) is 4.68. The maximum atomic E-state index is 12.4. The van der Waals surface area contributed by atoms with Crippen LogP contribution in [0.4, 0.5) is 13.2 Å². The van der Waals surface area contributed by atoms with Gasteiger partial charge in [0.1, 0.15) is 0 Å². The Bertz CT molecular complexity index is 377. The Morgan fingerprint density at radius 2 is 2.11 bits per heavy atom. The van der Waals surface area contributed by atoms with Crippen LogP contribution in [-0.2, 0) is 13.1 Å². The van der Waals surface area contributed by atoms with Gasteiger partial charge in [0.15, 0.2) is 5.76 Å². The Balaban J connectivity index is 2.61. The average Bonchev–Trinajstić information content (AvgIpc) is 2.71. The lowest BCUT2D eigenvalue weighted by molar-refractivity contribution is -0.151. The van der Waals surface area contributed by atoms with Crippen LogP contribution in [0.1, 0.15) is 32.2 Å². The van der Waals surface area contributed by atoms with Crippen LogP contribution in [-0.4, -0.2) is 35.4 Å². The van der Waals surface area contributed by atoms with Gasteiger partial charge >= 0.3 is 6.18 Å². The highest BCUT2D eigenvalue weighted by molar-refractivity contribution is 5.05. The first-order valence-electron chi connectivity index (χ1n) is 6.27. The summed E-state index contributed by atoms with van der Waals surface area (Å²) in [5.41, 5.74) is 0.701. The third-order valence-corrected chi connectivity index (χ3v) is 2.64. The van der Waals surface area contributed by atoms with Crippen LogP contribution in [0.2, 0.25) is 0 Å². The number of rotatable bonds is 7. The predicted molar refractivity (Wildman–Crippen MR) is 65.5 cm³/mol. The molecule has 1 aromatic rings. The molecule has 0 amide bonds. The van der Waals surface area contributed by atoms with Gasteiger partial charge in [-0.1, -0.05) is 12.1 Å². The number of nitrogens with one attached hydrogen (secondary N) is 1. The summed E-state index contributed by atoms with van der Waals surface area (Å²) in [6.07, 6.45) is -4.21. The van der Waals surface area contributed by atoms with Crippen molar-refractivity contribution in [1.82, 2.24) is 15.4 Å². The fraction of sp³-hybridized carbons (Fsp3) is 0.750. The van der Waals surface area contributed by atoms with Crippen molar-refractivity contribution in [3.63, 3.8) is 0 Å². The molecular formula is C12H20F3N3O. The number of hydrogen-bond acceptors (Lipinski definition) is 4. The van der Waals surface area contributed by atoms with E-state index < -0.39 is 12.7 Å². The molecule has 7 heteroatoms. The molecule has 0 saturated carbocycles. The van der Waals surface area contributed by atoms with Crippen LogP contribution < -0.4 is 5.32 Å². The second-order valence-corrected chi connectivity index (χ2v) is 4.68. The lowest BCUT2D eigenvalue weighted by atomic mass is 10.2. The Morgan fingerprint density at radius 1 is 1.42 bits per heavy atom. The average molecular weight is 279 g/mol. The van der Waals surface area contributed by atoms with Gasteiger partial charge in [0.05, 0.1) is 18.8 Å². The molecule has 0 unspecified atom stereocenters. The van der Waals surface area contributed by atoms with Crippen LogP contribution in [0.15, 0.2) is 10.6 Å². The SMILES string of the molecule is CCNCc1cc(CN(CC(F)(F)F)C(C)C)on1. The Labute approximate surface area is 110 Å². The van der Waals surface area contributed by atoms with Crippen LogP contribution in [0.5, 0.6) is 0 Å². The van der Waals surface area contributed by atoms with Gasteiger partial charge in [-0.15, -0.1) is 0 Å². The van der Waals surface area contributed by atoms with Gasteiger partial charge in [-0.25, -0.2) is 0 Å². The summed E-state index contributed by atoms with van der Waals surface area (Å²) in [5.74, 6) is 0.450. The van der Waals surface area contributed by atoms with E-state index in [9.17, 15) is 13.2 Å². The summed E-state index contributed by atoms with van der Waals surface area (Å²) in [4.78, 5) is 1.30. The third kappa shape index (κ3) is 6.07. The lowest BCUT2D eigenvalue weighted by Crippen LogP contribution is -2.38. The molecule has 1 rings (SSSR count). The lowest BCUT2D eigenvalue weighted by Gasteiger charge is -2.26. The van der Waals surface area contributed by atoms with Crippen molar-refractivity contribution in [2.45, 2.75) is 46.1 Å². The minimum atomic E-state index is -4.21. The highest BCUT2D eigenvalue weighted by atomic mass is 19.4. The summed E-state index contributed by atoms with van der Waals surface area (Å²) in [5, 5.41) is 6.89. The van der Waals surface area contributed by atoms with Crippen molar-refractivity contribution in [2.75, 3.05) is 13.1 Å². The topological polar surface area (TPSA) is 41.3 Å². The van der Waals surface area contributed by atoms with E-state index in [1.807, 2.05) is 6.92 Å². The summed E-state index contributed by atoms with van der Waals surface area (Å²) in [7, 11) is 0. The van der Waals surface area contributed by atoms with Gasteiger partial charge in [-0.2, -0.15) is 13.2 Å². The summed E-state index contributed by atoms with van der Waals surface area (Å²) in [6, 6.07) is 1.47. The van der Waals surface area contributed by atoms with Gasteiger partial charge in [-0.3, -0.25) is 4.90 Å². The molecule has 0 radical (unpaired) electrons. The molecule has 0 saturated heterocycles. The second kappa shape index (κ2) is 6.91. The molecule has 0 aliphatic carbocycles. The van der Waals surface area contributed by atoms with Crippen molar-refractivity contribution in [3.8, 4) is 0 Å². The molecule has 110 valence electrons. The highest BCUT2D eigenvalue weighted by Gasteiger charge is 2.32. The van der Waals surface area contributed by atoms with Crippen LogP contribution >= 0.6 is 0 Å². The van der Waals surface area contributed by atoms with Crippen LogP contribution in [0.25, 0.3) is 0 Å². The van der Waals surface area contributed by atoms with E-state index in [1.54, 1.807) is 19.9 Å². The minimum absolute atomic E-state index is 0.107. The Hall–Kier alpha value is -1.08. The Morgan fingerprint density at radius 3 is 2.63 bits per heavy atom. The fourth-order valence-electron chi connectivity index (χ4n) is 1.62. The van der Waals surface area contributed by atoms with Gasteiger partial charge in [0.25, 0.3) is 0 Å². The zero-order valence-corrected chi connectivity index (χ0v) is 11.4. The molecule has 0 atom stereocenters. The van der Waals surface area contributed by atoms with E-state index in [1.165, 1.54) is 4.90 Å². The van der Waals surface area contributed by atoms with Crippen molar-refractivity contribution < 1.29 is 17.7 Å². The van der Waals surface area contributed by atoms with Crippen LogP contribution in [0.3, 0.4) is 0 Å². The van der Waals surface area contributed by atoms with Crippen molar-refractivity contribution in [2.24, 2.45) is 0 Å². The quantitative estimate of drug-likeness (QED) is 0.833. The monoisotopic (exact) mass is 279 g/mol. The van der Waals surface area contributed by atoms with Gasteiger partial charge < -0.3 is 9.84 Å². The summed E-state index contributed by atoms with van der Waals surface area (Å²) in [6.45, 7) is 5.92. The van der Waals surface area contributed by atoms with Crippen molar-refractivity contribution >= 4 is 0 Å². The molecule has 0 spiro atoms. The number of nitrogens with zero attached hydrogens (tertiary/aromatic N) is 2. The first-order chi connectivity index (χ1) is 8.81.